The van der Waals surface area contributed by atoms with Gasteiger partial charge in [-0.3, -0.25) is 0 Å². The largest absolute Gasteiger partial charge is 0.371 e. The Balaban J connectivity index is 1.77. The van der Waals surface area contributed by atoms with Gasteiger partial charge in [0.15, 0.2) is 0 Å². The van der Waals surface area contributed by atoms with Crippen LogP contribution in [0.5, 0.6) is 0 Å². The standard InChI is InChI=1S/C17H25ClN2/c1-20(14-6-3-2-4-7-14)17-9-5-8-16(18)15(17)12-19-13-10-11-13/h5,8-9,13-14,19H,2-4,6-7,10-12H2,1H3. The summed E-state index contributed by atoms with van der Waals surface area (Å²) in [4.78, 5) is 2.47. The van der Waals surface area contributed by atoms with E-state index in [0.29, 0.717) is 6.04 Å². The highest BCUT2D eigenvalue weighted by Crippen LogP contribution is 2.32. The van der Waals surface area contributed by atoms with E-state index in [1.54, 1.807) is 0 Å². The average molecular weight is 293 g/mol. The zero-order chi connectivity index (χ0) is 13.9. The minimum Gasteiger partial charge on any atom is -0.371 e. The molecule has 0 atom stereocenters. The molecule has 20 heavy (non-hydrogen) atoms. The molecule has 3 rings (SSSR count). The minimum absolute atomic E-state index is 0.682. The van der Waals surface area contributed by atoms with E-state index >= 15 is 0 Å². The van der Waals surface area contributed by atoms with Crippen LogP contribution >= 0.6 is 11.6 Å². The maximum absolute atomic E-state index is 6.45. The van der Waals surface area contributed by atoms with Crippen molar-refractivity contribution in [3.63, 3.8) is 0 Å². The summed E-state index contributed by atoms with van der Waals surface area (Å²) in [5.74, 6) is 0. The summed E-state index contributed by atoms with van der Waals surface area (Å²) in [5.41, 5.74) is 2.59. The lowest BCUT2D eigenvalue weighted by Crippen LogP contribution is -2.34. The van der Waals surface area contributed by atoms with Crippen molar-refractivity contribution in [2.75, 3.05) is 11.9 Å². The lowest BCUT2D eigenvalue weighted by Gasteiger charge is -2.34. The van der Waals surface area contributed by atoms with Gasteiger partial charge in [-0.15, -0.1) is 0 Å². The van der Waals surface area contributed by atoms with Gasteiger partial charge in [0.2, 0.25) is 0 Å². The van der Waals surface area contributed by atoms with E-state index in [9.17, 15) is 0 Å². The first-order valence-electron chi connectivity index (χ1n) is 7.99. The molecule has 2 aliphatic rings. The molecular weight excluding hydrogens is 268 g/mol. The molecule has 110 valence electrons. The first kappa shape index (κ1) is 14.2. The smallest absolute Gasteiger partial charge is 0.0471 e. The van der Waals surface area contributed by atoms with Crippen molar-refractivity contribution in [2.45, 2.75) is 63.6 Å². The summed E-state index contributed by atoms with van der Waals surface area (Å²) in [5, 5.41) is 4.50. The third-order valence-electron chi connectivity index (χ3n) is 4.74. The summed E-state index contributed by atoms with van der Waals surface area (Å²) in [6, 6.07) is 7.73. The molecule has 0 aliphatic heterocycles. The van der Waals surface area contributed by atoms with Crippen molar-refractivity contribution in [3.05, 3.63) is 28.8 Å². The molecule has 0 unspecified atom stereocenters. The van der Waals surface area contributed by atoms with E-state index < -0.39 is 0 Å². The van der Waals surface area contributed by atoms with Crippen LogP contribution in [0.15, 0.2) is 18.2 Å². The topological polar surface area (TPSA) is 15.3 Å². The Hall–Kier alpha value is -0.730. The first-order chi connectivity index (χ1) is 9.75. The van der Waals surface area contributed by atoms with E-state index in [-0.39, 0.29) is 0 Å². The highest BCUT2D eigenvalue weighted by molar-refractivity contribution is 6.31. The monoisotopic (exact) mass is 292 g/mol. The van der Waals surface area contributed by atoms with E-state index in [4.69, 9.17) is 11.6 Å². The minimum atomic E-state index is 0.682. The van der Waals surface area contributed by atoms with Gasteiger partial charge >= 0.3 is 0 Å². The van der Waals surface area contributed by atoms with E-state index in [1.807, 2.05) is 6.07 Å². The summed E-state index contributed by atoms with van der Waals surface area (Å²) >= 11 is 6.45. The van der Waals surface area contributed by atoms with Crippen molar-refractivity contribution in [3.8, 4) is 0 Å². The molecule has 2 fully saturated rings. The Kier molecular flexibility index (Phi) is 4.52. The first-order valence-corrected chi connectivity index (χ1v) is 8.37. The van der Waals surface area contributed by atoms with Gasteiger partial charge in [-0.1, -0.05) is 36.9 Å². The number of hydrogen-bond acceptors (Lipinski definition) is 2. The molecule has 2 aliphatic carbocycles. The van der Waals surface area contributed by atoms with Crippen LogP contribution in [-0.4, -0.2) is 19.1 Å². The highest BCUT2D eigenvalue weighted by Gasteiger charge is 2.23. The number of anilines is 1. The Morgan fingerprint density at radius 1 is 1.15 bits per heavy atom. The molecule has 1 N–H and O–H groups in total. The second-order valence-electron chi connectivity index (χ2n) is 6.30. The molecular formula is C17H25ClN2. The number of benzene rings is 1. The molecule has 0 amide bonds. The number of hydrogen-bond donors (Lipinski definition) is 1. The van der Waals surface area contributed by atoms with Gasteiger partial charge < -0.3 is 10.2 Å². The predicted molar refractivity (Wildman–Crippen MR) is 86.6 cm³/mol. The van der Waals surface area contributed by atoms with Crippen molar-refractivity contribution < 1.29 is 0 Å². The van der Waals surface area contributed by atoms with Gasteiger partial charge in [-0.2, -0.15) is 0 Å². The van der Waals surface area contributed by atoms with E-state index in [1.165, 1.54) is 56.2 Å². The summed E-state index contributed by atoms with van der Waals surface area (Å²) in [6.07, 6.45) is 9.40. The number of nitrogens with zero attached hydrogens (tertiary/aromatic N) is 1. The van der Waals surface area contributed by atoms with E-state index in [0.717, 1.165) is 17.6 Å². The Morgan fingerprint density at radius 3 is 2.60 bits per heavy atom. The van der Waals surface area contributed by atoms with Gasteiger partial charge in [0.1, 0.15) is 0 Å². The Morgan fingerprint density at radius 2 is 1.90 bits per heavy atom. The molecule has 0 saturated heterocycles. The molecule has 2 nitrogen and oxygen atoms in total. The van der Waals surface area contributed by atoms with Crippen LogP contribution in [-0.2, 0) is 6.54 Å². The van der Waals surface area contributed by atoms with Crippen LogP contribution in [0.1, 0.15) is 50.5 Å². The van der Waals surface area contributed by atoms with Gasteiger partial charge in [-0.25, -0.2) is 0 Å². The van der Waals surface area contributed by atoms with Gasteiger partial charge in [0, 0.05) is 41.9 Å². The van der Waals surface area contributed by atoms with Crippen LogP contribution in [0.2, 0.25) is 5.02 Å². The molecule has 1 aromatic carbocycles. The molecule has 0 bridgehead atoms. The number of halogens is 1. The van der Waals surface area contributed by atoms with Crippen LogP contribution in [0.25, 0.3) is 0 Å². The molecule has 0 heterocycles. The fourth-order valence-electron chi connectivity index (χ4n) is 3.25. The molecule has 0 spiro atoms. The summed E-state index contributed by atoms with van der Waals surface area (Å²) < 4.78 is 0. The zero-order valence-electron chi connectivity index (χ0n) is 12.4. The number of rotatable bonds is 5. The Bertz CT molecular complexity index is 450. The molecule has 3 heteroatoms. The SMILES string of the molecule is CN(c1cccc(Cl)c1CNC1CC1)C1CCCCC1. The van der Waals surface area contributed by atoms with Crippen LogP contribution in [0, 0.1) is 0 Å². The van der Waals surface area contributed by atoms with Crippen molar-refractivity contribution >= 4 is 17.3 Å². The highest BCUT2D eigenvalue weighted by atomic mass is 35.5. The predicted octanol–water partition coefficient (Wildman–Crippen LogP) is 4.36. The normalized spacial score (nSPS) is 20.1. The van der Waals surface area contributed by atoms with Crippen molar-refractivity contribution in [1.29, 1.82) is 0 Å². The molecule has 0 radical (unpaired) electrons. The fraction of sp³-hybridized carbons (Fsp3) is 0.647. The van der Waals surface area contributed by atoms with Gasteiger partial charge in [0.05, 0.1) is 0 Å². The Labute approximate surface area is 127 Å². The summed E-state index contributed by atoms with van der Waals surface area (Å²) in [6.45, 7) is 0.900. The van der Waals surface area contributed by atoms with Crippen LogP contribution in [0.4, 0.5) is 5.69 Å². The van der Waals surface area contributed by atoms with Crippen molar-refractivity contribution in [1.82, 2.24) is 5.32 Å². The second-order valence-corrected chi connectivity index (χ2v) is 6.70. The van der Waals surface area contributed by atoms with Crippen molar-refractivity contribution in [2.24, 2.45) is 0 Å². The maximum Gasteiger partial charge on any atom is 0.0471 e. The average Bonchev–Trinajstić information content (AvgIpc) is 3.30. The molecule has 0 aromatic heterocycles. The summed E-state index contributed by atoms with van der Waals surface area (Å²) in [7, 11) is 2.24. The maximum atomic E-state index is 6.45. The molecule has 1 aromatic rings. The second kappa shape index (κ2) is 6.36. The van der Waals surface area contributed by atoms with Gasteiger partial charge in [0.25, 0.3) is 0 Å². The van der Waals surface area contributed by atoms with E-state index in [2.05, 4.69) is 29.4 Å². The lowest BCUT2D eigenvalue weighted by molar-refractivity contribution is 0.427. The third-order valence-corrected chi connectivity index (χ3v) is 5.10. The van der Waals surface area contributed by atoms with Gasteiger partial charge in [-0.05, 0) is 37.8 Å². The molecule has 2 saturated carbocycles. The third kappa shape index (κ3) is 3.29. The van der Waals surface area contributed by atoms with Crippen LogP contribution < -0.4 is 10.2 Å². The number of nitrogens with one attached hydrogen (secondary N) is 1. The lowest BCUT2D eigenvalue weighted by atomic mass is 9.93. The quantitative estimate of drug-likeness (QED) is 0.867. The zero-order valence-corrected chi connectivity index (χ0v) is 13.1. The fourth-order valence-corrected chi connectivity index (χ4v) is 3.49. The van der Waals surface area contributed by atoms with Crippen LogP contribution in [0.3, 0.4) is 0 Å².